The minimum Gasteiger partial charge on any atom is -0.374 e. The minimum absolute atomic E-state index is 0.0453. The van der Waals surface area contributed by atoms with Crippen LogP contribution in [0.2, 0.25) is 15.1 Å². The third kappa shape index (κ3) is 4.31. The number of rotatable bonds is 4. The molecule has 160 valence electrons. The molecule has 0 aliphatic carbocycles. The molecule has 0 fully saturated rings. The van der Waals surface area contributed by atoms with Crippen molar-refractivity contribution in [3.8, 4) is 0 Å². The monoisotopic (exact) mass is 479 g/mol. The Kier molecular flexibility index (Phi) is 6.13. The molecule has 1 amide bonds. The molecule has 0 saturated heterocycles. The molecule has 3 rings (SSSR count). The van der Waals surface area contributed by atoms with Gasteiger partial charge in [0.1, 0.15) is 0 Å². The number of halogens is 6. The molecule has 1 unspecified atom stereocenters. The second kappa shape index (κ2) is 8.17. The van der Waals surface area contributed by atoms with Gasteiger partial charge in [-0.1, -0.05) is 46.0 Å². The Balaban J connectivity index is 2.00. The first-order valence-corrected chi connectivity index (χ1v) is 9.65. The maximum absolute atomic E-state index is 14.1. The van der Waals surface area contributed by atoms with Crippen molar-refractivity contribution in [3.05, 3.63) is 62.6 Å². The maximum atomic E-state index is 14.1. The highest BCUT2D eigenvalue weighted by Crippen LogP contribution is 2.49. The number of carbonyl (C=O) groups excluding carboxylic acids is 1. The van der Waals surface area contributed by atoms with Crippen molar-refractivity contribution in [1.29, 1.82) is 0 Å². The van der Waals surface area contributed by atoms with E-state index in [-0.39, 0.29) is 27.2 Å². The van der Waals surface area contributed by atoms with Gasteiger partial charge in [0.15, 0.2) is 0 Å². The van der Waals surface area contributed by atoms with Gasteiger partial charge in [0.25, 0.3) is 5.60 Å². The number of benzene rings is 2. The molecule has 0 radical (unpaired) electrons. The van der Waals surface area contributed by atoms with E-state index in [2.05, 4.69) is 10.6 Å². The van der Waals surface area contributed by atoms with Crippen molar-refractivity contribution >= 4 is 52.1 Å². The van der Waals surface area contributed by atoms with Crippen molar-refractivity contribution < 1.29 is 22.8 Å². The van der Waals surface area contributed by atoms with Crippen LogP contribution in [0.4, 0.5) is 18.9 Å². The summed E-state index contributed by atoms with van der Waals surface area (Å²) in [6.45, 7) is 1.32. The van der Waals surface area contributed by atoms with Gasteiger partial charge in [0.2, 0.25) is 5.91 Å². The third-order valence-corrected chi connectivity index (χ3v) is 5.24. The van der Waals surface area contributed by atoms with Crippen molar-refractivity contribution in [1.82, 2.24) is 5.43 Å². The molecule has 1 N–H and O–H groups in total. The predicted molar refractivity (Wildman–Crippen MR) is 110 cm³/mol. The molecule has 2 aromatic rings. The molecule has 0 spiro atoms. The minimum atomic E-state index is -4.80. The van der Waals surface area contributed by atoms with Crippen LogP contribution in [0.1, 0.15) is 24.5 Å². The number of nitrogens with one attached hydrogen (secondary N) is 1. The Labute approximate surface area is 185 Å². The molecule has 30 heavy (non-hydrogen) atoms. The van der Waals surface area contributed by atoms with Gasteiger partial charge in [0, 0.05) is 41.6 Å². The van der Waals surface area contributed by atoms with Crippen LogP contribution in [-0.4, -0.2) is 24.8 Å². The smallest absolute Gasteiger partial charge is 0.374 e. The molecule has 1 heterocycles. The average Bonchev–Trinajstić information content (AvgIpc) is 3.07. The molecule has 0 bridgehead atoms. The summed E-state index contributed by atoms with van der Waals surface area (Å²) in [5.74, 6) is -0.338. The van der Waals surface area contributed by atoms with E-state index >= 15 is 0 Å². The molecule has 0 saturated carbocycles. The number of hydrogen-bond acceptors (Lipinski definition) is 4. The lowest BCUT2D eigenvalue weighted by atomic mass is 9.86. The molecular weight excluding hydrogens is 466 g/mol. The highest BCUT2D eigenvalue weighted by atomic mass is 35.5. The first-order chi connectivity index (χ1) is 13.9. The van der Waals surface area contributed by atoms with Crippen LogP contribution >= 0.6 is 34.8 Å². The first-order valence-electron chi connectivity index (χ1n) is 8.52. The number of hydrogen-bond donors (Lipinski definition) is 1. The summed E-state index contributed by atoms with van der Waals surface area (Å²) < 4.78 is 42.3. The van der Waals surface area contributed by atoms with Gasteiger partial charge in [0.05, 0.1) is 16.4 Å². The van der Waals surface area contributed by atoms with E-state index in [1.54, 1.807) is 7.05 Å². The maximum Gasteiger partial charge on any atom is 0.435 e. The van der Waals surface area contributed by atoms with Gasteiger partial charge in [-0.3, -0.25) is 15.2 Å². The lowest BCUT2D eigenvalue weighted by molar-refractivity contribution is -0.275. The number of amides is 1. The zero-order chi connectivity index (χ0) is 22.3. The molecule has 0 aromatic heterocycles. The Bertz CT molecular complexity index is 1010. The fourth-order valence-electron chi connectivity index (χ4n) is 3.09. The van der Waals surface area contributed by atoms with Gasteiger partial charge in [-0.25, -0.2) is 0 Å². The zero-order valence-corrected chi connectivity index (χ0v) is 17.9. The van der Waals surface area contributed by atoms with E-state index in [0.29, 0.717) is 16.3 Å². The number of carbonyl (C=O) groups is 1. The molecule has 1 aliphatic rings. The first kappa shape index (κ1) is 22.5. The zero-order valence-electron chi connectivity index (χ0n) is 15.6. The van der Waals surface area contributed by atoms with E-state index in [1.165, 1.54) is 36.2 Å². The van der Waals surface area contributed by atoms with E-state index < -0.39 is 18.2 Å². The highest BCUT2D eigenvalue weighted by Gasteiger charge is 2.62. The van der Waals surface area contributed by atoms with Gasteiger partial charge < -0.3 is 4.84 Å². The van der Waals surface area contributed by atoms with E-state index in [1.807, 2.05) is 0 Å². The number of alkyl halides is 3. The molecular formula is C19H15Cl3F3N3O2. The molecule has 11 heteroatoms. The van der Waals surface area contributed by atoms with Gasteiger partial charge >= 0.3 is 6.18 Å². The predicted octanol–water partition coefficient (Wildman–Crippen LogP) is 5.72. The van der Waals surface area contributed by atoms with Gasteiger partial charge in [-0.05, 0) is 30.3 Å². The molecule has 5 nitrogen and oxygen atoms in total. The summed E-state index contributed by atoms with van der Waals surface area (Å²) in [4.78, 5) is 16.3. The third-order valence-electron chi connectivity index (χ3n) is 4.48. The topological polar surface area (TPSA) is 53.9 Å². The van der Waals surface area contributed by atoms with E-state index in [0.717, 1.165) is 12.1 Å². The Hall–Kier alpha value is -2.16. The molecule has 1 aliphatic heterocycles. The van der Waals surface area contributed by atoms with Crippen LogP contribution in [0.25, 0.3) is 0 Å². The second-order valence-corrected chi connectivity index (χ2v) is 7.96. The SMILES string of the molecule is CC(=O)NN(C)c1cc(C2=NOC(c3cc(Cl)cc(Cl)c3)(C(F)(F)F)C2)ccc1Cl. The summed E-state index contributed by atoms with van der Waals surface area (Å²) in [5, 5.41) is 5.45. The van der Waals surface area contributed by atoms with E-state index in [4.69, 9.17) is 39.6 Å². The number of nitrogens with zero attached hydrogens (tertiary/aromatic N) is 2. The van der Waals surface area contributed by atoms with Gasteiger partial charge in [-0.2, -0.15) is 13.2 Å². The lowest BCUT2D eigenvalue weighted by Crippen LogP contribution is -2.42. The average molecular weight is 481 g/mol. The number of anilines is 1. The van der Waals surface area contributed by atoms with Crippen molar-refractivity contribution in [2.24, 2.45) is 5.16 Å². The Morgan fingerprint density at radius 2 is 1.80 bits per heavy atom. The Morgan fingerprint density at radius 1 is 1.17 bits per heavy atom. The largest absolute Gasteiger partial charge is 0.435 e. The summed E-state index contributed by atoms with van der Waals surface area (Å²) in [6, 6.07) is 8.16. The number of hydrazine groups is 1. The van der Waals surface area contributed by atoms with Crippen LogP contribution in [0.5, 0.6) is 0 Å². The summed E-state index contributed by atoms with van der Waals surface area (Å²) in [7, 11) is 1.55. The van der Waals surface area contributed by atoms with Crippen LogP contribution in [0, 0.1) is 0 Å². The second-order valence-electron chi connectivity index (χ2n) is 6.68. The van der Waals surface area contributed by atoms with Crippen molar-refractivity contribution in [3.63, 3.8) is 0 Å². The number of oxime groups is 1. The van der Waals surface area contributed by atoms with E-state index in [9.17, 15) is 18.0 Å². The van der Waals surface area contributed by atoms with Crippen molar-refractivity contribution in [2.45, 2.75) is 25.1 Å². The fourth-order valence-corrected chi connectivity index (χ4v) is 3.86. The summed E-state index contributed by atoms with van der Waals surface area (Å²) >= 11 is 18.0. The van der Waals surface area contributed by atoms with Gasteiger partial charge in [-0.15, -0.1) is 0 Å². The summed E-state index contributed by atoms with van der Waals surface area (Å²) in [6.07, 6.45) is -5.40. The fraction of sp³-hybridized carbons (Fsp3) is 0.263. The normalized spacial score (nSPS) is 18.6. The standard InChI is InChI=1S/C19H15Cl3F3N3O2/c1-10(29)26-28(2)17-5-11(3-4-15(17)22)16-9-18(30-27-16,19(23,24)25)12-6-13(20)8-14(21)7-12/h3-8H,9H2,1-2H3,(H,26,29). The summed E-state index contributed by atoms with van der Waals surface area (Å²) in [5.41, 5.74) is 0.319. The highest BCUT2D eigenvalue weighted by molar-refractivity contribution is 6.34. The Morgan fingerprint density at radius 3 is 2.37 bits per heavy atom. The lowest BCUT2D eigenvalue weighted by Gasteiger charge is -2.29. The van der Waals surface area contributed by atoms with Crippen LogP contribution in [0.3, 0.4) is 0 Å². The quantitative estimate of drug-likeness (QED) is 0.570. The molecule has 2 aromatic carbocycles. The van der Waals surface area contributed by atoms with Crippen molar-refractivity contribution in [2.75, 3.05) is 12.1 Å². The van der Waals surface area contributed by atoms with Crippen LogP contribution in [-0.2, 0) is 15.2 Å². The van der Waals surface area contributed by atoms with Crippen LogP contribution < -0.4 is 10.4 Å². The van der Waals surface area contributed by atoms with Crippen LogP contribution in [0.15, 0.2) is 41.6 Å². The molecule has 1 atom stereocenters.